The van der Waals surface area contributed by atoms with Gasteiger partial charge in [0, 0.05) is 11.3 Å². The van der Waals surface area contributed by atoms with Gasteiger partial charge in [0.2, 0.25) is 0 Å². The summed E-state index contributed by atoms with van der Waals surface area (Å²) in [5.74, 6) is -0.237. The fourth-order valence-electron chi connectivity index (χ4n) is 3.81. The third kappa shape index (κ3) is 3.71. The van der Waals surface area contributed by atoms with Gasteiger partial charge in [-0.1, -0.05) is 72.8 Å². The van der Waals surface area contributed by atoms with Gasteiger partial charge in [-0.05, 0) is 53.6 Å². The highest BCUT2D eigenvalue weighted by Gasteiger charge is 2.18. The van der Waals surface area contributed by atoms with Crippen LogP contribution in [0.5, 0.6) is 0 Å². The van der Waals surface area contributed by atoms with E-state index in [9.17, 15) is 4.79 Å². The Morgan fingerprint density at radius 1 is 0.806 bits per heavy atom. The van der Waals surface area contributed by atoms with Crippen molar-refractivity contribution in [3.8, 4) is 16.9 Å². The van der Waals surface area contributed by atoms with E-state index in [1.165, 1.54) is 0 Å². The van der Waals surface area contributed by atoms with Crippen LogP contribution in [0.2, 0.25) is 0 Å². The molecule has 0 spiro atoms. The molecule has 1 aromatic heterocycles. The second-order valence-corrected chi connectivity index (χ2v) is 7.51. The molecule has 31 heavy (non-hydrogen) atoms. The maximum atomic E-state index is 13.0. The maximum absolute atomic E-state index is 13.0. The fourth-order valence-corrected chi connectivity index (χ4v) is 3.81. The zero-order chi connectivity index (χ0) is 21.2. The Morgan fingerprint density at radius 2 is 1.55 bits per heavy atom. The van der Waals surface area contributed by atoms with Crippen molar-refractivity contribution in [1.29, 1.82) is 0 Å². The first-order chi connectivity index (χ1) is 15.2. The number of amides is 1. The first kappa shape index (κ1) is 18.8. The minimum atomic E-state index is -0.237. The number of carbonyl (C=O) groups is 1. The summed E-state index contributed by atoms with van der Waals surface area (Å²) in [6.45, 7) is 2.05. The lowest BCUT2D eigenvalue weighted by molar-refractivity contribution is 0.102. The molecule has 1 heterocycles. The number of para-hydroxylation sites is 1. The Hall–Kier alpha value is -4.18. The average molecular weight is 403 g/mol. The summed E-state index contributed by atoms with van der Waals surface area (Å²) in [4.78, 5) is 13.0. The number of nitrogens with one attached hydrogen (secondary N) is 1. The molecule has 0 aliphatic rings. The third-order valence-electron chi connectivity index (χ3n) is 5.29. The smallest absolute Gasteiger partial charge is 0.276 e. The largest absolute Gasteiger partial charge is 0.321 e. The number of nitrogens with zero attached hydrogens (tertiary/aromatic N) is 2. The number of rotatable bonds is 4. The molecule has 0 fully saturated rings. The van der Waals surface area contributed by atoms with E-state index < -0.39 is 0 Å². The van der Waals surface area contributed by atoms with Crippen molar-refractivity contribution in [3.05, 3.63) is 114 Å². The third-order valence-corrected chi connectivity index (χ3v) is 5.29. The highest BCUT2D eigenvalue weighted by Crippen LogP contribution is 2.31. The lowest BCUT2D eigenvalue weighted by Gasteiger charge is -2.10. The summed E-state index contributed by atoms with van der Waals surface area (Å²) in [6.07, 6.45) is 0. The summed E-state index contributed by atoms with van der Waals surface area (Å²) < 4.78 is 1.86. The van der Waals surface area contributed by atoms with Gasteiger partial charge in [-0.15, -0.1) is 0 Å². The van der Waals surface area contributed by atoms with Crippen molar-refractivity contribution in [3.63, 3.8) is 0 Å². The number of benzene rings is 4. The van der Waals surface area contributed by atoms with Crippen molar-refractivity contribution >= 4 is 22.4 Å². The molecular formula is C27H21N3O. The summed E-state index contributed by atoms with van der Waals surface area (Å²) in [7, 11) is 0. The van der Waals surface area contributed by atoms with Gasteiger partial charge < -0.3 is 5.32 Å². The van der Waals surface area contributed by atoms with Gasteiger partial charge >= 0.3 is 0 Å². The number of anilines is 1. The molecule has 5 aromatic rings. The summed E-state index contributed by atoms with van der Waals surface area (Å²) in [5.41, 5.74) is 5.07. The van der Waals surface area contributed by atoms with Crippen LogP contribution in [0.1, 0.15) is 16.1 Å². The van der Waals surface area contributed by atoms with Crippen LogP contribution in [0.25, 0.3) is 27.7 Å². The minimum Gasteiger partial charge on any atom is -0.321 e. The summed E-state index contributed by atoms with van der Waals surface area (Å²) in [6, 6.07) is 33.9. The SMILES string of the molecule is Cc1cccc(-n2nc(C(=O)Nc3ccccc3)cc2-c2cccc3ccccc23)c1. The zero-order valence-corrected chi connectivity index (χ0v) is 17.1. The number of aromatic nitrogens is 2. The van der Waals surface area contributed by atoms with Gasteiger partial charge in [-0.3, -0.25) is 4.79 Å². The topological polar surface area (TPSA) is 46.9 Å². The van der Waals surface area contributed by atoms with E-state index in [4.69, 9.17) is 5.10 Å². The lowest BCUT2D eigenvalue weighted by Crippen LogP contribution is -2.13. The molecule has 4 nitrogen and oxygen atoms in total. The fraction of sp³-hybridized carbons (Fsp3) is 0.0370. The number of fused-ring (bicyclic) bond motifs is 1. The van der Waals surface area contributed by atoms with Gasteiger partial charge in [0.1, 0.15) is 0 Å². The Labute approximate surface area is 180 Å². The first-order valence-corrected chi connectivity index (χ1v) is 10.2. The van der Waals surface area contributed by atoms with Gasteiger partial charge in [0.15, 0.2) is 5.69 Å². The van der Waals surface area contributed by atoms with E-state index in [0.29, 0.717) is 5.69 Å². The van der Waals surface area contributed by atoms with E-state index in [0.717, 1.165) is 39.0 Å². The number of carbonyl (C=O) groups excluding carboxylic acids is 1. The number of aryl methyl sites for hydroxylation is 1. The van der Waals surface area contributed by atoms with Gasteiger partial charge in [0.25, 0.3) is 5.91 Å². The van der Waals surface area contributed by atoms with E-state index in [2.05, 4.69) is 35.6 Å². The molecule has 0 aliphatic heterocycles. The zero-order valence-electron chi connectivity index (χ0n) is 17.1. The minimum absolute atomic E-state index is 0.237. The summed E-state index contributed by atoms with van der Waals surface area (Å²) >= 11 is 0. The molecule has 1 amide bonds. The molecule has 150 valence electrons. The number of hydrogen-bond acceptors (Lipinski definition) is 2. The van der Waals surface area contributed by atoms with Crippen LogP contribution in [0, 0.1) is 6.92 Å². The van der Waals surface area contributed by atoms with Crippen LogP contribution >= 0.6 is 0 Å². The lowest BCUT2D eigenvalue weighted by atomic mass is 10.0. The molecule has 1 N–H and O–H groups in total. The standard InChI is InChI=1S/C27H21N3O/c1-19-9-7-14-22(17-19)30-26(24-16-8-11-20-10-5-6-15-23(20)24)18-25(29-30)27(31)28-21-12-3-2-4-13-21/h2-18H,1H3,(H,28,31). The van der Waals surface area contributed by atoms with Crippen molar-refractivity contribution in [2.75, 3.05) is 5.32 Å². The van der Waals surface area contributed by atoms with E-state index in [-0.39, 0.29) is 5.91 Å². The van der Waals surface area contributed by atoms with Crippen LogP contribution in [-0.4, -0.2) is 15.7 Å². The molecule has 0 atom stereocenters. The second-order valence-electron chi connectivity index (χ2n) is 7.51. The van der Waals surface area contributed by atoms with Crippen LogP contribution < -0.4 is 5.32 Å². The molecule has 0 saturated carbocycles. The van der Waals surface area contributed by atoms with Crippen molar-refractivity contribution in [1.82, 2.24) is 9.78 Å². The quantitative estimate of drug-likeness (QED) is 0.385. The van der Waals surface area contributed by atoms with Crippen LogP contribution in [0.4, 0.5) is 5.69 Å². The predicted octanol–water partition coefficient (Wildman–Crippen LogP) is 6.25. The number of hydrogen-bond donors (Lipinski definition) is 1. The molecule has 0 bridgehead atoms. The normalized spacial score (nSPS) is 10.9. The molecule has 4 aromatic carbocycles. The molecule has 0 unspecified atom stereocenters. The molecule has 0 aliphatic carbocycles. The van der Waals surface area contributed by atoms with Crippen LogP contribution in [0.15, 0.2) is 103 Å². The van der Waals surface area contributed by atoms with E-state index in [1.54, 1.807) is 0 Å². The van der Waals surface area contributed by atoms with Crippen molar-refractivity contribution in [2.24, 2.45) is 0 Å². The van der Waals surface area contributed by atoms with E-state index >= 15 is 0 Å². The predicted molar refractivity (Wildman–Crippen MR) is 126 cm³/mol. The monoisotopic (exact) mass is 403 g/mol. The highest BCUT2D eigenvalue weighted by atomic mass is 16.1. The Kier molecular flexibility index (Phi) is 4.81. The van der Waals surface area contributed by atoms with Gasteiger partial charge in [-0.25, -0.2) is 4.68 Å². The van der Waals surface area contributed by atoms with Crippen LogP contribution in [-0.2, 0) is 0 Å². The molecule has 0 radical (unpaired) electrons. The Bertz CT molecular complexity index is 1380. The molecular weight excluding hydrogens is 382 g/mol. The first-order valence-electron chi connectivity index (χ1n) is 10.2. The molecule has 0 saturated heterocycles. The average Bonchev–Trinajstić information content (AvgIpc) is 3.25. The van der Waals surface area contributed by atoms with Gasteiger partial charge in [0.05, 0.1) is 11.4 Å². The van der Waals surface area contributed by atoms with Crippen molar-refractivity contribution in [2.45, 2.75) is 6.92 Å². The second kappa shape index (κ2) is 7.92. The van der Waals surface area contributed by atoms with E-state index in [1.807, 2.05) is 84.4 Å². The Morgan fingerprint density at radius 3 is 2.39 bits per heavy atom. The Balaban J connectivity index is 1.66. The molecule has 5 rings (SSSR count). The van der Waals surface area contributed by atoms with Crippen LogP contribution in [0.3, 0.4) is 0 Å². The highest BCUT2D eigenvalue weighted by molar-refractivity contribution is 6.04. The van der Waals surface area contributed by atoms with Gasteiger partial charge in [-0.2, -0.15) is 5.10 Å². The maximum Gasteiger partial charge on any atom is 0.276 e. The summed E-state index contributed by atoms with van der Waals surface area (Å²) in [5, 5.41) is 9.91. The van der Waals surface area contributed by atoms with Crippen molar-refractivity contribution < 1.29 is 4.79 Å². The molecule has 4 heteroatoms.